The largest absolute Gasteiger partial charge is 0.497 e. The van der Waals surface area contributed by atoms with E-state index in [9.17, 15) is 4.79 Å². The van der Waals surface area contributed by atoms with E-state index in [0.29, 0.717) is 5.75 Å². The number of methoxy groups -OCH3 is 2. The minimum atomic E-state index is 0.0965. The molecule has 1 saturated heterocycles. The van der Waals surface area contributed by atoms with Gasteiger partial charge in [-0.3, -0.25) is 9.69 Å². The lowest BCUT2D eigenvalue weighted by molar-refractivity contribution is -0.131. The number of piperazine rings is 1. The molecule has 0 radical (unpaired) electrons. The van der Waals surface area contributed by atoms with Crippen LogP contribution in [-0.2, 0) is 11.3 Å². The van der Waals surface area contributed by atoms with E-state index < -0.39 is 0 Å². The Hall–Kier alpha value is -2.73. The van der Waals surface area contributed by atoms with Crippen molar-refractivity contribution in [2.24, 2.45) is 0 Å². The maximum absolute atomic E-state index is 12.6. The van der Waals surface area contributed by atoms with Crippen LogP contribution >= 0.6 is 0 Å². The summed E-state index contributed by atoms with van der Waals surface area (Å²) in [5.41, 5.74) is 2.07. The van der Waals surface area contributed by atoms with E-state index in [0.717, 1.165) is 44.2 Å². The second kappa shape index (κ2) is 9.28. The molecule has 144 valence electrons. The van der Waals surface area contributed by atoms with Crippen molar-refractivity contribution in [3.8, 4) is 11.5 Å². The van der Waals surface area contributed by atoms with E-state index in [-0.39, 0.29) is 12.5 Å². The SMILES string of the molecule is COc1ccc(OC)c(NCC(=O)N2CCN(Cc3ccccc3)CC2)c1. The molecule has 0 saturated carbocycles. The Morgan fingerprint density at radius 1 is 1.00 bits per heavy atom. The first-order valence-electron chi connectivity index (χ1n) is 9.19. The Kier molecular flexibility index (Phi) is 6.54. The predicted molar refractivity (Wildman–Crippen MR) is 106 cm³/mol. The van der Waals surface area contributed by atoms with Gasteiger partial charge in [-0.2, -0.15) is 0 Å². The van der Waals surface area contributed by atoms with Crippen molar-refractivity contribution in [3.05, 3.63) is 54.1 Å². The topological polar surface area (TPSA) is 54.0 Å². The Morgan fingerprint density at radius 3 is 2.41 bits per heavy atom. The maximum atomic E-state index is 12.6. The highest BCUT2D eigenvalue weighted by Crippen LogP contribution is 2.28. The van der Waals surface area contributed by atoms with Crippen LogP contribution in [0.25, 0.3) is 0 Å². The van der Waals surface area contributed by atoms with Crippen molar-refractivity contribution < 1.29 is 14.3 Å². The highest BCUT2D eigenvalue weighted by molar-refractivity contribution is 5.81. The average molecular weight is 369 g/mol. The van der Waals surface area contributed by atoms with Crippen LogP contribution in [0.1, 0.15) is 5.56 Å². The molecule has 1 heterocycles. The summed E-state index contributed by atoms with van der Waals surface area (Å²) in [7, 11) is 3.23. The number of nitrogens with one attached hydrogen (secondary N) is 1. The number of rotatable bonds is 7. The van der Waals surface area contributed by atoms with Gasteiger partial charge in [-0.05, 0) is 17.7 Å². The van der Waals surface area contributed by atoms with Gasteiger partial charge in [-0.25, -0.2) is 0 Å². The molecule has 0 spiro atoms. The fraction of sp³-hybridized carbons (Fsp3) is 0.381. The van der Waals surface area contributed by atoms with Gasteiger partial charge in [-0.1, -0.05) is 30.3 Å². The van der Waals surface area contributed by atoms with Crippen LogP contribution in [-0.4, -0.2) is 62.7 Å². The van der Waals surface area contributed by atoms with Gasteiger partial charge in [0, 0.05) is 38.8 Å². The van der Waals surface area contributed by atoms with Crippen molar-refractivity contribution in [1.82, 2.24) is 9.80 Å². The number of ether oxygens (including phenoxy) is 2. The molecule has 1 N–H and O–H groups in total. The van der Waals surface area contributed by atoms with E-state index in [1.807, 2.05) is 29.2 Å². The van der Waals surface area contributed by atoms with Crippen molar-refractivity contribution >= 4 is 11.6 Å². The van der Waals surface area contributed by atoms with Gasteiger partial charge < -0.3 is 19.7 Å². The van der Waals surface area contributed by atoms with Gasteiger partial charge in [0.25, 0.3) is 0 Å². The molecule has 27 heavy (non-hydrogen) atoms. The third kappa shape index (κ3) is 5.14. The Labute approximate surface area is 160 Å². The number of carbonyl (C=O) groups excluding carboxylic acids is 1. The number of nitrogens with zero attached hydrogens (tertiary/aromatic N) is 2. The van der Waals surface area contributed by atoms with E-state index in [4.69, 9.17) is 9.47 Å². The highest BCUT2D eigenvalue weighted by atomic mass is 16.5. The van der Waals surface area contributed by atoms with Gasteiger partial charge in [-0.15, -0.1) is 0 Å². The number of amides is 1. The van der Waals surface area contributed by atoms with Crippen LogP contribution in [0.3, 0.4) is 0 Å². The van der Waals surface area contributed by atoms with Gasteiger partial charge in [0.1, 0.15) is 11.5 Å². The zero-order valence-electron chi connectivity index (χ0n) is 16.0. The Balaban J connectivity index is 1.48. The van der Waals surface area contributed by atoms with E-state index >= 15 is 0 Å². The molecule has 1 amide bonds. The van der Waals surface area contributed by atoms with Crippen LogP contribution in [0.15, 0.2) is 48.5 Å². The molecule has 2 aromatic carbocycles. The summed E-state index contributed by atoms with van der Waals surface area (Å²) in [5, 5.41) is 3.18. The molecule has 0 aromatic heterocycles. The monoisotopic (exact) mass is 369 g/mol. The first kappa shape index (κ1) is 19.0. The number of carbonyl (C=O) groups is 1. The number of benzene rings is 2. The van der Waals surface area contributed by atoms with Crippen molar-refractivity contribution in [3.63, 3.8) is 0 Å². The van der Waals surface area contributed by atoms with Gasteiger partial charge in [0.2, 0.25) is 5.91 Å². The van der Waals surface area contributed by atoms with Crippen molar-refractivity contribution in [2.45, 2.75) is 6.54 Å². The molecule has 0 atom stereocenters. The quantitative estimate of drug-likeness (QED) is 0.813. The molecule has 6 nitrogen and oxygen atoms in total. The molecule has 1 aliphatic rings. The maximum Gasteiger partial charge on any atom is 0.241 e. The van der Waals surface area contributed by atoms with Crippen LogP contribution in [0.2, 0.25) is 0 Å². The molecule has 0 unspecified atom stereocenters. The van der Waals surface area contributed by atoms with Crippen LogP contribution in [0.4, 0.5) is 5.69 Å². The zero-order chi connectivity index (χ0) is 19.1. The second-order valence-electron chi connectivity index (χ2n) is 6.56. The second-order valence-corrected chi connectivity index (χ2v) is 6.56. The summed E-state index contributed by atoms with van der Waals surface area (Å²) < 4.78 is 10.6. The minimum absolute atomic E-state index is 0.0965. The Bertz CT molecular complexity index is 744. The van der Waals surface area contributed by atoms with Crippen LogP contribution in [0.5, 0.6) is 11.5 Å². The summed E-state index contributed by atoms with van der Waals surface area (Å²) in [5.74, 6) is 1.51. The lowest BCUT2D eigenvalue weighted by Gasteiger charge is -2.35. The molecule has 1 aliphatic heterocycles. The third-order valence-electron chi connectivity index (χ3n) is 4.81. The zero-order valence-corrected chi connectivity index (χ0v) is 16.0. The van der Waals surface area contributed by atoms with E-state index in [2.05, 4.69) is 34.5 Å². The molecule has 0 bridgehead atoms. The summed E-state index contributed by atoms with van der Waals surface area (Å²) in [4.78, 5) is 16.9. The van der Waals surface area contributed by atoms with E-state index in [1.165, 1.54) is 5.56 Å². The van der Waals surface area contributed by atoms with Gasteiger partial charge >= 0.3 is 0 Å². The molecule has 1 fully saturated rings. The minimum Gasteiger partial charge on any atom is -0.497 e. The number of hydrogen-bond acceptors (Lipinski definition) is 5. The molecule has 0 aliphatic carbocycles. The summed E-state index contributed by atoms with van der Waals surface area (Å²) in [6.45, 7) is 4.46. The molecule has 6 heteroatoms. The van der Waals surface area contributed by atoms with Crippen LogP contribution in [0, 0.1) is 0 Å². The third-order valence-corrected chi connectivity index (χ3v) is 4.81. The van der Waals surface area contributed by atoms with Crippen LogP contribution < -0.4 is 14.8 Å². The normalized spacial score (nSPS) is 14.7. The molecule has 3 rings (SSSR count). The smallest absolute Gasteiger partial charge is 0.241 e. The van der Waals surface area contributed by atoms with Crippen molar-refractivity contribution in [2.75, 3.05) is 52.3 Å². The van der Waals surface area contributed by atoms with Gasteiger partial charge in [0.15, 0.2) is 0 Å². The summed E-state index contributed by atoms with van der Waals surface area (Å²) >= 11 is 0. The first-order chi connectivity index (χ1) is 13.2. The average Bonchev–Trinajstić information content (AvgIpc) is 2.73. The first-order valence-corrected chi connectivity index (χ1v) is 9.19. The van der Waals surface area contributed by atoms with Gasteiger partial charge in [0.05, 0.1) is 26.5 Å². The molecular formula is C21H27N3O3. The Morgan fingerprint density at radius 2 is 1.74 bits per heavy atom. The summed E-state index contributed by atoms with van der Waals surface area (Å²) in [6.07, 6.45) is 0. The standard InChI is InChI=1S/C21H27N3O3/c1-26-18-8-9-20(27-2)19(14-18)22-15-21(25)24-12-10-23(11-13-24)16-17-6-4-3-5-7-17/h3-9,14,22H,10-13,15-16H2,1-2H3. The van der Waals surface area contributed by atoms with Crippen molar-refractivity contribution in [1.29, 1.82) is 0 Å². The molecule has 2 aromatic rings. The predicted octanol–water partition coefficient (Wildman–Crippen LogP) is 2.46. The lowest BCUT2D eigenvalue weighted by atomic mass is 10.2. The molecular weight excluding hydrogens is 342 g/mol. The lowest BCUT2D eigenvalue weighted by Crippen LogP contribution is -2.49. The summed E-state index contributed by atoms with van der Waals surface area (Å²) in [6, 6.07) is 15.9. The number of hydrogen-bond donors (Lipinski definition) is 1. The van der Waals surface area contributed by atoms with E-state index in [1.54, 1.807) is 14.2 Å². The fourth-order valence-electron chi connectivity index (χ4n) is 3.23. The fourth-order valence-corrected chi connectivity index (χ4v) is 3.23. The number of anilines is 1. The highest BCUT2D eigenvalue weighted by Gasteiger charge is 2.21.